The molecule has 0 radical (unpaired) electrons. The van der Waals surface area contributed by atoms with Crippen molar-refractivity contribution >= 4 is 0 Å². The second-order valence-corrected chi connectivity index (χ2v) is 3.63. The van der Waals surface area contributed by atoms with Crippen molar-refractivity contribution in [1.29, 1.82) is 0 Å². The van der Waals surface area contributed by atoms with Gasteiger partial charge in [-0.15, -0.1) is 0 Å². The van der Waals surface area contributed by atoms with Gasteiger partial charge in [0.15, 0.2) is 0 Å². The molecule has 0 spiro atoms. The summed E-state index contributed by atoms with van der Waals surface area (Å²) >= 11 is 0. The van der Waals surface area contributed by atoms with Crippen LogP contribution in [0.2, 0.25) is 0 Å². The second-order valence-electron chi connectivity index (χ2n) is 3.63. The van der Waals surface area contributed by atoms with E-state index in [-0.39, 0.29) is 0 Å². The zero-order chi connectivity index (χ0) is 11.1. The molecule has 0 unspecified atom stereocenters. The lowest BCUT2D eigenvalue weighted by Crippen LogP contribution is -2.31. The van der Waals surface area contributed by atoms with Gasteiger partial charge in [-0.25, -0.2) is 0 Å². The fourth-order valence-electron chi connectivity index (χ4n) is 1.49. The van der Waals surface area contributed by atoms with E-state index < -0.39 is 0 Å². The molecule has 0 saturated carbocycles. The molecule has 0 aliphatic heterocycles. The minimum atomic E-state index is 0.790. The predicted molar refractivity (Wildman–Crippen MR) is 60.7 cm³/mol. The third-order valence-electron chi connectivity index (χ3n) is 2.48. The van der Waals surface area contributed by atoms with Crippen LogP contribution in [-0.4, -0.2) is 36.2 Å². The summed E-state index contributed by atoms with van der Waals surface area (Å²) in [6, 6.07) is 1.96. The van der Waals surface area contributed by atoms with E-state index in [0.29, 0.717) is 0 Å². The summed E-state index contributed by atoms with van der Waals surface area (Å²) < 4.78 is 4.98. The average Bonchev–Trinajstić information content (AvgIpc) is 2.65. The molecule has 86 valence electrons. The molecular weight excluding hydrogens is 190 g/mol. The molecule has 15 heavy (non-hydrogen) atoms. The van der Waals surface area contributed by atoms with Gasteiger partial charge in [-0.1, -0.05) is 19.0 Å². The minimum absolute atomic E-state index is 0.790. The number of hydrogen-bond donors (Lipinski definition) is 1. The highest BCUT2D eigenvalue weighted by Gasteiger charge is 2.00. The molecule has 0 saturated heterocycles. The molecule has 4 heteroatoms. The predicted octanol–water partition coefficient (Wildman–Crippen LogP) is 1.41. The van der Waals surface area contributed by atoms with E-state index in [4.69, 9.17) is 4.52 Å². The highest BCUT2D eigenvalue weighted by Crippen LogP contribution is 2.00. The maximum atomic E-state index is 4.98. The van der Waals surface area contributed by atoms with Gasteiger partial charge in [-0.05, 0) is 20.0 Å². The molecule has 0 amide bonds. The van der Waals surface area contributed by atoms with E-state index in [1.54, 1.807) is 0 Å². The van der Waals surface area contributed by atoms with Crippen LogP contribution in [0.5, 0.6) is 0 Å². The van der Waals surface area contributed by atoms with Crippen LogP contribution in [0.3, 0.4) is 0 Å². The van der Waals surface area contributed by atoms with Gasteiger partial charge in [-0.3, -0.25) is 0 Å². The van der Waals surface area contributed by atoms with Crippen molar-refractivity contribution in [2.24, 2.45) is 0 Å². The summed E-state index contributed by atoms with van der Waals surface area (Å²) in [6.07, 6.45) is 0. The van der Waals surface area contributed by atoms with Crippen molar-refractivity contribution in [3.05, 3.63) is 17.5 Å². The minimum Gasteiger partial charge on any atom is -0.361 e. The van der Waals surface area contributed by atoms with Crippen LogP contribution in [0.1, 0.15) is 25.3 Å². The smallest absolute Gasteiger partial charge is 0.133 e. The molecule has 0 fully saturated rings. The normalized spacial score (nSPS) is 11.2. The number of nitrogens with one attached hydrogen (secondary N) is 1. The third kappa shape index (κ3) is 4.44. The van der Waals surface area contributed by atoms with Gasteiger partial charge in [0, 0.05) is 25.7 Å². The summed E-state index contributed by atoms with van der Waals surface area (Å²) in [4.78, 5) is 2.39. The summed E-state index contributed by atoms with van der Waals surface area (Å²) in [5.41, 5.74) is 0.979. The Hall–Kier alpha value is -0.870. The first-order chi connectivity index (χ1) is 7.26. The molecule has 0 atom stereocenters. The van der Waals surface area contributed by atoms with E-state index >= 15 is 0 Å². The van der Waals surface area contributed by atoms with E-state index in [1.807, 2.05) is 13.0 Å². The summed E-state index contributed by atoms with van der Waals surface area (Å²) in [6.45, 7) is 11.4. The number of nitrogens with zero attached hydrogens (tertiary/aromatic N) is 2. The quantitative estimate of drug-likeness (QED) is 0.692. The van der Waals surface area contributed by atoms with Crippen LogP contribution in [0.4, 0.5) is 0 Å². The number of aryl methyl sites for hydroxylation is 1. The van der Waals surface area contributed by atoms with Crippen molar-refractivity contribution in [2.45, 2.75) is 27.3 Å². The van der Waals surface area contributed by atoms with Crippen molar-refractivity contribution in [3.8, 4) is 0 Å². The highest BCUT2D eigenvalue weighted by molar-refractivity contribution is 5.02. The van der Waals surface area contributed by atoms with Gasteiger partial charge >= 0.3 is 0 Å². The molecule has 1 rings (SSSR count). The maximum Gasteiger partial charge on any atom is 0.133 e. The molecule has 0 aliphatic rings. The van der Waals surface area contributed by atoms with Gasteiger partial charge in [0.25, 0.3) is 0 Å². The lowest BCUT2D eigenvalue weighted by molar-refractivity contribution is 0.301. The molecule has 1 aromatic rings. The number of hydrogen-bond acceptors (Lipinski definition) is 4. The lowest BCUT2D eigenvalue weighted by atomic mass is 10.4. The van der Waals surface area contributed by atoms with Crippen molar-refractivity contribution < 1.29 is 4.52 Å². The van der Waals surface area contributed by atoms with Crippen LogP contribution in [0.15, 0.2) is 10.6 Å². The molecule has 1 N–H and O–H groups in total. The standard InChI is InChI=1S/C11H21N3O/c1-4-14(5-2)7-6-12-9-11-8-10(3)15-13-11/h8,12H,4-7,9H2,1-3H3. The Kier molecular flexibility index (Phi) is 5.36. The van der Waals surface area contributed by atoms with Crippen molar-refractivity contribution in [1.82, 2.24) is 15.4 Å². The summed E-state index contributed by atoms with van der Waals surface area (Å²) in [5, 5.41) is 7.27. The van der Waals surface area contributed by atoms with E-state index in [0.717, 1.165) is 44.2 Å². The largest absolute Gasteiger partial charge is 0.361 e. The zero-order valence-corrected chi connectivity index (χ0v) is 9.92. The van der Waals surface area contributed by atoms with Crippen molar-refractivity contribution in [3.63, 3.8) is 0 Å². The molecule has 0 aliphatic carbocycles. The Morgan fingerprint density at radius 2 is 2.13 bits per heavy atom. The van der Waals surface area contributed by atoms with E-state index in [2.05, 4.69) is 29.2 Å². The van der Waals surface area contributed by atoms with E-state index in [9.17, 15) is 0 Å². The topological polar surface area (TPSA) is 41.3 Å². The Bertz CT molecular complexity index is 269. The first kappa shape index (κ1) is 12.2. The molecule has 1 aromatic heterocycles. The van der Waals surface area contributed by atoms with Gasteiger partial charge in [0.1, 0.15) is 5.76 Å². The monoisotopic (exact) mass is 211 g/mol. The first-order valence-electron chi connectivity index (χ1n) is 5.61. The number of rotatable bonds is 7. The Balaban J connectivity index is 2.11. The summed E-state index contributed by atoms with van der Waals surface area (Å²) in [7, 11) is 0. The number of aromatic nitrogens is 1. The van der Waals surface area contributed by atoms with Crippen LogP contribution in [0.25, 0.3) is 0 Å². The van der Waals surface area contributed by atoms with Gasteiger partial charge < -0.3 is 14.7 Å². The van der Waals surface area contributed by atoms with E-state index in [1.165, 1.54) is 0 Å². The molecular formula is C11H21N3O. The lowest BCUT2D eigenvalue weighted by Gasteiger charge is -2.17. The van der Waals surface area contributed by atoms with Crippen LogP contribution >= 0.6 is 0 Å². The van der Waals surface area contributed by atoms with Gasteiger partial charge in [-0.2, -0.15) is 0 Å². The van der Waals surface area contributed by atoms with Crippen LogP contribution in [-0.2, 0) is 6.54 Å². The zero-order valence-electron chi connectivity index (χ0n) is 9.92. The van der Waals surface area contributed by atoms with Gasteiger partial charge in [0.2, 0.25) is 0 Å². The molecule has 4 nitrogen and oxygen atoms in total. The Morgan fingerprint density at radius 1 is 1.40 bits per heavy atom. The maximum absolute atomic E-state index is 4.98. The molecule has 1 heterocycles. The molecule has 0 aromatic carbocycles. The molecule has 0 bridgehead atoms. The fourth-order valence-corrected chi connectivity index (χ4v) is 1.49. The summed E-state index contributed by atoms with van der Waals surface area (Å²) in [5.74, 6) is 0.871. The Morgan fingerprint density at radius 3 is 2.67 bits per heavy atom. The van der Waals surface area contributed by atoms with Gasteiger partial charge in [0.05, 0.1) is 5.69 Å². The van der Waals surface area contributed by atoms with Crippen LogP contribution in [0, 0.1) is 6.92 Å². The highest BCUT2D eigenvalue weighted by atomic mass is 16.5. The van der Waals surface area contributed by atoms with Crippen molar-refractivity contribution in [2.75, 3.05) is 26.2 Å². The average molecular weight is 211 g/mol. The second kappa shape index (κ2) is 6.58. The third-order valence-corrected chi connectivity index (χ3v) is 2.48. The fraction of sp³-hybridized carbons (Fsp3) is 0.727. The SMILES string of the molecule is CCN(CC)CCNCc1cc(C)on1. The Labute approximate surface area is 91.6 Å². The number of likely N-dealkylation sites (N-methyl/N-ethyl adjacent to an activating group) is 1. The van der Waals surface area contributed by atoms with Crippen LogP contribution < -0.4 is 5.32 Å². The first-order valence-corrected chi connectivity index (χ1v) is 5.61.